The lowest BCUT2D eigenvalue weighted by molar-refractivity contribution is 0.0966. The number of aromatic nitrogens is 2. The number of nitrogens with zero attached hydrogens (tertiary/aromatic N) is 2. The van der Waals surface area contributed by atoms with Gasteiger partial charge in [-0.1, -0.05) is 23.2 Å². The minimum Gasteiger partial charge on any atom is -0.450 e. The molecule has 18 heavy (non-hydrogen) atoms. The molecule has 1 amide bonds. The van der Waals surface area contributed by atoms with Gasteiger partial charge in [0.2, 0.25) is 0 Å². The molecule has 1 aromatic heterocycles. The normalized spacial score (nSPS) is 16.9. The fraction of sp³-hybridized carbons (Fsp3) is 0.636. The first-order valence-corrected chi connectivity index (χ1v) is 6.70. The van der Waals surface area contributed by atoms with Crippen molar-refractivity contribution in [1.29, 1.82) is 0 Å². The van der Waals surface area contributed by atoms with Crippen LogP contribution in [0.15, 0.2) is 0 Å². The van der Waals surface area contributed by atoms with Gasteiger partial charge >= 0.3 is 6.09 Å². The number of nitrogens with one attached hydrogen (secondary N) is 1. The molecule has 0 unspecified atom stereocenters. The molecule has 1 aliphatic heterocycles. The van der Waals surface area contributed by atoms with Crippen LogP contribution in [0.2, 0.25) is 10.3 Å². The summed E-state index contributed by atoms with van der Waals surface area (Å²) >= 11 is 11.6. The molecular formula is C11H15Cl2N3O2. The summed E-state index contributed by atoms with van der Waals surface area (Å²) in [5, 5.41) is 0.680. The molecule has 1 aromatic rings. The van der Waals surface area contributed by atoms with E-state index in [0.717, 1.165) is 18.7 Å². The summed E-state index contributed by atoms with van der Waals surface area (Å²) < 4.78 is 4.97. The molecule has 5 nitrogen and oxygen atoms in total. The number of H-pyrrole nitrogens is 1. The minimum atomic E-state index is -0.244. The highest BCUT2D eigenvalue weighted by Gasteiger charge is 2.26. The molecular weight excluding hydrogens is 277 g/mol. The van der Waals surface area contributed by atoms with Crippen LogP contribution in [0.25, 0.3) is 0 Å². The SMILES string of the molecule is CCOC(=O)N1CCC(c2nc(Cl)c(Cl)[nH]2)CC1. The van der Waals surface area contributed by atoms with E-state index in [1.807, 2.05) is 0 Å². The highest BCUT2D eigenvalue weighted by atomic mass is 35.5. The number of amides is 1. The van der Waals surface area contributed by atoms with Crippen LogP contribution >= 0.6 is 23.2 Å². The summed E-state index contributed by atoms with van der Waals surface area (Å²) in [5.41, 5.74) is 0. The number of likely N-dealkylation sites (tertiary alicyclic amines) is 1. The van der Waals surface area contributed by atoms with Gasteiger partial charge in [-0.25, -0.2) is 9.78 Å². The van der Waals surface area contributed by atoms with Crippen molar-refractivity contribution >= 4 is 29.3 Å². The average molecular weight is 292 g/mol. The molecule has 7 heteroatoms. The van der Waals surface area contributed by atoms with Crippen LogP contribution in [0.1, 0.15) is 31.5 Å². The number of hydrogen-bond donors (Lipinski definition) is 1. The van der Waals surface area contributed by atoms with E-state index in [1.54, 1.807) is 11.8 Å². The monoisotopic (exact) mass is 291 g/mol. The Labute approximate surface area is 115 Å². The molecule has 1 aliphatic rings. The van der Waals surface area contributed by atoms with Gasteiger partial charge < -0.3 is 14.6 Å². The summed E-state index contributed by atoms with van der Waals surface area (Å²) in [6.07, 6.45) is 1.42. The Hall–Kier alpha value is -0.940. The van der Waals surface area contributed by atoms with E-state index in [-0.39, 0.29) is 12.0 Å². The number of hydrogen-bond acceptors (Lipinski definition) is 3. The number of aromatic amines is 1. The van der Waals surface area contributed by atoms with E-state index in [1.165, 1.54) is 0 Å². The number of carbonyl (C=O) groups excluding carboxylic acids is 1. The molecule has 0 spiro atoms. The van der Waals surface area contributed by atoms with E-state index < -0.39 is 0 Å². The molecule has 0 atom stereocenters. The van der Waals surface area contributed by atoms with Crippen LogP contribution in [-0.2, 0) is 4.74 Å². The van der Waals surface area contributed by atoms with Crippen molar-refractivity contribution in [2.75, 3.05) is 19.7 Å². The largest absolute Gasteiger partial charge is 0.450 e. The number of carbonyl (C=O) groups is 1. The van der Waals surface area contributed by atoms with Gasteiger partial charge in [-0.3, -0.25) is 0 Å². The molecule has 1 N–H and O–H groups in total. The Bertz CT molecular complexity index is 408. The van der Waals surface area contributed by atoms with Crippen LogP contribution in [0.4, 0.5) is 4.79 Å². The first-order chi connectivity index (χ1) is 8.61. The molecule has 0 aliphatic carbocycles. The Morgan fingerprint density at radius 3 is 2.67 bits per heavy atom. The first kappa shape index (κ1) is 13.5. The van der Waals surface area contributed by atoms with E-state index in [0.29, 0.717) is 30.0 Å². The molecule has 0 bridgehead atoms. The maximum Gasteiger partial charge on any atom is 0.409 e. The molecule has 0 aromatic carbocycles. The molecule has 2 rings (SSSR count). The summed E-state index contributed by atoms with van der Waals surface area (Å²) in [7, 11) is 0. The topological polar surface area (TPSA) is 58.2 Å². The number of piperidine rings is 1. The zero-order valence-corrected chi connectivity index (χ0v) is 11.6. The molecule has 1 saturated heterocycles. The third-order valence-corrected chi connectivity index (χ3v) is 3.69. The summed E-state index contributed by atoms with van der Waals surface area (Å²) in [4.78, 5) is 20.4. The lowest BCUT2D eigenvalue weighted by Gasteiger charge is -2.30. The Morgan fingerprint density at radius 1 is 1.50 bits per heavy atom. The average Bonchev–Trinajstić information content (AvgIpc) is 2.70. The number of rotatable bonds is 2. The van der Waals surface area contributed by atoms with Gasteiger partial charge in [0.25, 0.3) is 0 Å². The second kappa shape index (κ2) is 5.80. The van der Waals surface area contributed by atoms with Gasteiger partial charge in [-0.05, 0) is 19.8 Å². The lowest BCUT2D eigenvalue weighted by atomic mass is 9.96. The predicted molar refractivity (Wildman–Crippen MR) is 69.2 cm³/mol. The highest BCUT2D eigenvalue weighted by Crippen LogP contribution is 2.29. The minimum absolute atomic E-state index is 0.244. The van der Waals surface area contributed by atoms with Crippen LogP contribution in [0.3, 0.4) is 0 Å². The van der Waals surface area contributed by atoms with Gasteiger partial charge in [-0.2, -0.15) is 0 Å². The molecule has 2 heterocycles. The highest BCUT2D eigenvalue weighted by molar-refractivity contribution is 6.40. The van der Waals surface area contributed by atoms with Gasteiger partial charge in [0, 0.05) is 19.0 Å². The second-order valence-electron chi connectivity index (χ2n) is 4.19. The first-order valence-electron chi connectivity index (χ1n) is 5.94. The maximum absolute atomic E-state index is 11.5. The number of halogens is 2. The third-order valence-electron chi connectivity index (χ3n) is 3.05. The van der Waals surface area contributed by atoms with Gasteiger partial charge in [-0.15, -0.1) is 0 Å². The predicted octanol–water partition coefficient (Wildman–Crippen LogP) is 3.05. The van der Waals surface area contributed by atoms with Crippen LogP contribution in [0, 0.1) is 0 Å². The molecule has 0 radical (unpaired) electrons. The molecule has 100 valence electrons. The van der Waals surface area contributed by atoms with Crippen molar-refractivity contribution < 1.29 is 9.53 Å². The summed E-state index contributed by atoms with van der Waals surface area (Å²) in [5.74, 6) is 1.06. The second-order valence-corrected chi connectivity index (χ2v) is 4.92. The van der Waals surface area contributed by atoms with Crippen molar-refractivity contribution in [3.05, 3.63) is 16.1 Å². The Morgan fingerprint density at radius 2 is 2.17 bits per heavy atom. The Kier molecular flexibility index (Phi) is 4.35. The fourth-order valence-electron chi connectivity index (χ4n) is 2.09. The smallest absolute Gasteiger partial charge is 0.409 e. The number of imidazole rings is 1. The molecule has 1 fully saturated rings. The van der Waals surface area contributed by atoms with Crippen molar-refractivity contribution in [1.82, 2.24) is 14.9 Å². The van der Waals surface area contributed by atoms with Crippen molar-refractivity contribution in [3.63, 3.8) is 0 Å². The van der Waals surface area contributed by atoms with Crippen molar-refractivity contribution in [3.8, 4) is 0 Å². The maximum atomic E-state index is 11.5. The zero-order chi connectivity index (χ0) is 13.1. The van der Waals surface area contributed by atoms with E-state index in [9.17, 15) is 4.79 Å². The van der Waals surface area contributed by atoms with Crippen molar-refractivity contribution in [2.24, 2.45) is 0 Å². The zero-order valence-electron chi connectivity index (χ0n) is 10.1. The van der Waals surface area contributed by atoms with E-state index >= 15 is 0 Å². The number of ether oxygens (including phenoxy) is 1. The van der Waals surface area contributed by atoms with Gasteiger partial charge in [0.05, 0.1) is 6.61 Å². The van der Waals surface area contributed by atoms with Gasteiger partial charge in [0.1, 0.15) is 11.0 Å². The molecule has 0 saturated carbocycles. The van der Waals surface area contributed by atoms with Gasteiger partial charge in [0.15, 0.2) is 5.15 Å². The quantitative estimate of drug-likeness (QED) is 0.911. The van der Waals surface area contributed by atoms with Crippen LogP contribution in [0.5, 0.6) is 0 Å². The Balaban J connectivity index is 1.92. The summed E-state index contributed by atoms with van der Waals surface area (Å²) in [6.45, 7) is 3.54. The van der Waals surface area contributed by atoms with Crippen LogP contribution in [-0.4, -0.2) is 40.7 Å². The lowest BCUT2D eigenvalue weighted by Crippen LogP contribution is -2.38. The van der Waals surface area contributed by atoms with E-state index in [2.05, 4.69) is 9.97 Å². The summed E-state index contributed by atoms with van der Waals surface area (Å²) in [6, 6.07) is 0. The third kappa shape index (κ3) is 2.90. The van der Waals surface area contributed by atoms with Crippen LogP contribution < -0.4 is 0 Å². The fourth-order valence-corrected chi connectivity index (χ4v) is 2.37. The van der Waals surface area contributed by atoms with E-state index in [4.69, 9.17) is 27.9 Å². The van der Waals surface area contributed by atoms with Crippen molar-refractivity contribution in [2.45, 2.75) is 25.7 Å². The standard InChI is InChI=1S/C11H15Cl2N3O2/c1-2-18-11(17)16-5-3-7(4-6-16)10-14-8(12)9(13)15-10/h7H,2-6H2,1H3,(H,14,15).